The Morgan fingerprint density at radius 2 is 1.68 bits per heavy atom. The molecule has 2 aromatic rings. The number of ether oxygens (including phenoxy) is 1. The maximum Gasteiger partial charge on any atom is 0.333 e. The number of carbonyl (C=O) groups excluding carboxylic acids is 3. The first-order valence-electron chi connectivity index (χ1n) is 7.66. The highest BCUT2D eigenvalue weighted by Gasteiger charge is 2.24. The molecule has 0 bridgehead atoms. The van der Waals surface area contributed by atoms with E-state index in [9.17, 15) is 14.4 Å². The van der Waals surface area contributed by atoms with E-state index in [4.69, 9.17) is 16.3 Å². The third-order valence-electron chi connectivity index (χ3n) is 3.67. The van der Waals surface area contributed by atoms with Crippen LogP contribution in [0.4, 0.5) is 0 Å². The van der Waals surface area contributed by atoms with Gasteiger partial charge >= 0.3 is 5.97 Å². The molecule has 0 saturated carbocycles. The van der Waals surface area contributed by atoms with Gasteiger partial charge in [-0.2, -0.15) is 0 Å². The molecule has 0 aliphatic rings. The minimum Gasteiger partial charge on any atom is -0.467 e. The Morgan fingerprint density at radius 3 is 2.32 bits per heavy atom. The van der Waals surface area contributed by atoms with E-state index in [-0.39, 0.29) is 18.1 Å². The lowest BCUT2D eigenvalue weighted by molar-refractivity contribution is -0.145. The lowest BCUT2D eigenvalue weighted by Crippen LogP contribution is -2.35. The molecule has 1 atom stereocenters. The van der Waals surface area contributed by atoms with Crippen molar-refractivity contribution in [3.8, 4) is 0 Å². The molecule has 130 valence electrons. The summed E-state index contributed by atoms with van der Waals surface area (Å²) >= 11 is 5.61. The average Bonchev–Trinajstić information content (AvgIpc) is 2.66. The second-order valence-corrected chi connectivity index (χ2v) is 5.59. The molecule has 2 aromatic carbocycles. The van der Waals surface area contributed by atoms with Gasteiger partial charge in [0, 0.05) is 5.56 Å². The Bertz CT molecular complexity index is 761. The lowest BCUT2D eigenvalue weighted by Gasteiger charge is -2.17. The fourth-order valence-electron chi connectivity index (χ4n) is 2.45. The molecule has 0 fully saturated rings. The zero-order chi connectivity index (χ0) is 18.2. The van der Waals surface area contributed by atoms with Crippen LogP contribution in [0.15, 0.2) is 54.6 Å². The lowest BCUT2D eigenvalue weighted by atomic mass is 10.0. The zero-order valence-electron chi connectivity index (χ0n) is 13.7. The Kier molecular flexibility index (Phi) is 6.71. The van der Waals surface area contributed by atoms with Crippen LogP contribution in [0.25, 0.3) is 0 Å². The van der Waals surface area contributed by atoms with Crippen LogP contribution in [-0.4, -0.2) is 30.6 Å². The standard InChI is InChI=1S/C19H18ClNO4/c1-25-19(24)18(13-7-3-2-4-8-13)21-17(23)11-14-9-5-6-10-15(14)16(22)12-20/h2-10,18H,11-12H2,1H3,(H,21,23). The van der Waals surface area contributed by atoms with Crippen molar-refractivity contribution < 1.29 is 19.1 Å². The second-order valence-electron chi connectivity index (χ2n) is 5.33. The molecule has 0 aliphatic heterocycles. The number of nitrogens with one attached hydrogen (secondary N) is 1. The molecule has 0 aromatic heterocycles. The normalized spacial score (nSPS) is 11.4. The topological polar surface area (TPSA) is 72.5 Å². The molecule has 0 radical (unpaired) electrons. The summed E-state index contributed by atoms with van der Waals surface area (Å²) in [5, 5.41) is 2.66. The van der Waals surface area contributed by atoms with Crippen LogP contribution >= 0.6 is 11.6 Å². The van der Waals surface area contributed by atoms with Crippen molar-refractivity contribution in [1.29, 1.82) is 0 Å². The number of amides is 1. The molecule has 1 N–H and O–H groups in total. The van der Waals surface area contributed by atoms with E-state index < -0.39 is 17.9 Å². The third kappa shape index (κ3) is 4.90. The van der Waals surface area contributed by atoms with Gasteiger partial charge in [0.25, 0.3) is 0 Å². The maximum atomic E-state index is 12.4. The van der Waals surface area contributed by atoms with Crippen LogP contribution in [0.5, 0.6) is 0 Å². The summed E-state index contributed by atoms with van der Waals surface area (Å²) in [6.07, 6.45) is -0.0425. The molecule has 0 heterocycles. The van der Waals surface area contributed by atoms with E-state index >= 15 is 0 Å². The van der Waals surface area contributed by atoms with Crippen molar-refractivity contribution in [1.82, 2.24) is 5.32 Å². The largest absolute Gasteiger partial charge is 0.467 e. The van der Waals surface area contributed by atoms with Gasteiger partial charge in [-0.15, -0.1) is 11.6 Å². The minimum atomic E-state index is -0.908. The molecule has 2 rings (SSSR count). The van der Waals surface area contributed by atoms with Gasteiger partial charge in [0.05, 0.1) is 19.4 Å². The molecular weight excluding hydrogens is 342 g/mol. The Morgan fingerprint density at radius 1 is 1.04 bits per heavy atom. The molecule has 25 heavy (non-hydrogen) atoms. The van der Waals surface area contributed by atoms with Gasteiger partial charge in [0.15, 0.2) is 11.8 Å². The first-order chi connectivity index (χ1) is 12.1. The van der Waals surface area contributed by atoms with Gasteiger partial charge in [-0.3, -0.25) is 9.59 Å². The number of methoxy groups -OCH3 is 1. The van der Waals surface area contributed by atoms with Crippen molar-refractivity contribution in [2.75, 3.05) is 13.0 Å². The van der Waals surface area contributed by atoms with Crippen LogP contribution in [0.3, 0.4) is 0 Å². The highest BCUT2D eigenvalue weighted by atomic mass is 35.5. The Balaban J connectivity index is 2.18. The molecule has 0 spiro atoms. The number of ketones is 1. The molecule has 6 heteroatoms. The number of hydrogen-bond donors (Lipinski definition) is 1. The number of Topliss-reactive ketones (excluding diaryl/α,β-unsaturated/α-hetero) is 1. The van der Waals surface area contributed by atoms with E-state index in [1.54, 1.807) is 48.5 Å². The molecule has 5 nitrogen and oxygen atoms in total. The summed E-state index contributed by atoms with van der Waals surface area (Å²) in [7, 11) is 1.26. The summed E-state index contributed by atoms with van der Waals surface area (Å²) in [4.78, 5) is 36.3. The summed E-state index contributed by atoms with van der Waals surface area (Å²) in [6, 6.07) is 14.7. The van der Waals surface area contributed by atoms with Gasteiger partial charge in [-0.1, -0.05) is 54.6 Å². The Labute approximate surface area is 150 Å². The van der Waals surface area contributed by atoms with Gasteiger partial charge in [0.2, 0.25) is 5.91 Å². The van der Waals surface area contributed by atoms with Crippen LogP contribution in [-0.2, 0) is 20.7 Å². The molecular formula is C19H18ClNO4. The van der Waals surface area contributed by atoms with E-state index in [2.05, 4.69) is 5.32 Å². The predicted octanol–water partition coefficient (Wildman–Crippen LogP) is 2.68. The molecule has 1 unspecified atom stereocenters. The van der Waals surface area contributed by atoms with Crippen LogP contribution in [0.2, 0.25) is 0 Å². The van der Waals surface area contributed by atoms with Crippen molar-refractivity contribution >= 4 is 29.3 Å². The quantitative estimate of drug-likeness (QED) is 0.468. The van der Waals surface area contributed by atoms with Crippen molar-refractivity contribution in [3.63, 3.8) is 0 Å². The summed E-state index contributed by atoms with van der Waals surface area (Å²) in [5.74, 6) is -1.37. The second kappa shape index (κ2) is 8.99. The molecule has 0 saturated heterocycles. The van der Waals surface area contributed by atoms with Crippen molar-refractivity contribution in [2.24, 2.45) is 0 Å². The third-order valence-corrected chi connectivity index (χ3v) is 3.91. The van der Waals surface area contributed by atoms with Crippen LogP contribution < -0.4 is 5.32 Å². The number of esters is 1. The van der Waals surface area contributed by atoms with E-state index in [0.717, 1.165) is 0 Å². The fraction of sp³-hybridized carbons (Fsp3) is 0.211. The first kappa shape index (κ1) is 18.7. The smallest absolute Gasteiger partial charge is 0.333 e. The monoisotopic (exact) mass is 359 g/mol. The van der Waals surface area contributed by atoms with Gasteiger partial charge in [-0.05, 0) is 11.1 Å². The number of hydrogen-bond acceptors (Lipinski definition) is 4. The highest BCUT2D eigenvalue weighted by molar-refractivity contribution is 6.30. The molecule has 0 aliphatic carbocycles. The van der Waals surface area contributed by atoms with E-state index in [1.165, 1.54) is 7.11 Å². The van der Waals surface area contributed by atoms with Gasteiger partial charge < -0.3 is 10.1 Å². The predicted molar refractivity (Wildman–Crippen MR) is 94.5 cm³/mol. The van der Waals surface area contributed by atoms with Gasteiger partial charge in [-0.25, -0.2) is 4.79 Å². The number of carbonyl (C=O) groups is 3. The summed E-state index contributed by atoms with van der Waals surface area (Å²) < 4.78 is 4.77. The number of benzene rings is 2. The van der Waals surface area contributed by atoms with E-state index in [1.807, 2.05) is 6.07 Å². The zero-order valence-corrected chi connectivity index (χ0v) is 14.5. The average molecular weight is 360 g/mol. The summed E-state index contributed by atoms with van der Waals surface area (Å²) in [6.45, 7) is 0. The van der Waals surface area contributed by atoms with Crippen LogP contribution in [0.1, 0.15) is 27.5 Å². The van der Waals surface area contributed by atoms with Crippen LogP contribution in [0, 0.1) is 0 Å². The van der Waals surface area contributed by atoms with Crippen molar-refractivity contribution in [2.45, 2.75) is 12.5 Å². The van der Waals surface area contributed by atoms with Crippen molar-refractivity contribution in [3.05, 3.63) is 71.3 Å². The maximum absolute atomic E-state index is 12.4. The SMILES string of the molecule is COC(=O)C(NC(=O)Cc1ccccc1C(=O)CCl)c1ccccc1. The number of alkyl halides is 1. The highest BCUT2D eigenvalue weighted by Crippen LogP contribution is 2.16. The first-order valence-corrected chi connectivity index (χ1v) is 8.19. The fourth-order valence-corrected chi connectivity index (χ4v) is 2.59. The number of halogens is 1. The number of rotatable bonds is 7. The Hall–Kier alpha value is -2.66. The summed E-state index contributed by atoms with van der Waals surface area (Å²) in [5.41, 5.74) is 1.58. The van der Waals surface area contributed by atoms with Gasteiger partial charge in [0.1, 0.15) is 0 Å². The van der Waals surface area contributed by atoms with E-state index in [0.29, 0.717) is 16.7 Å². The minimum absolute atomic E-state index is 0.0425. The molecule has 1 amide bonds.